The lowest BCUT2D eigenvalue weighted by atomic mass is 9.95. The van der Waals surface area contributed by atoms with Gasteiger partial charge in [-0.2, -0.15) is 0 Å². The van der Waals surface area contributed by atoms with Crippen LogP contribution in [0.25, 0.3) is 10.9 Å². The molecule has 6 nitrogen and oxygen atoms in total. The molecule has 2 aromatic carbocycles. The molecule has 5 rings (SSSR count). The molecular weight excluding hydrogens is 424 g/mol. The van der Waals surface area contributed by atoms with E-state index < -0.39 is 11.7 Å². The average Bonchev–Trinajstić information content (AvgIpc) is 3.39. The fourth-order valence-corrected chi connectivity index (χ4v) is 4.95. The number of benzene rings is 2. The van der Waals surface area contributed by atoms with Gasteiger partial charge in [-0.3, -0.25) is 4.98 Å². The Morgan fingerprint density at radius 2 is 2.00 bits per heavy atom. The summed E-state index contributed by atoms with van der Waals surface area (Å²) < 4.78 is 0. The van der Waals surface area contributed by atoms with Crippen LogP contribution in [-0.2, 0) is 18.4 Å². The van der Waals surface area contributed by atoms with Crippen molar-refractivity contribution in [3.05, 3.63) is 82.8 Å². The number of aliphatic hydroxyl groups excluding tert-OH is 1. The largest absolute Gasteiger partial charge is 0.387 e. The number of aliphatic hydroxyl groups is 2. The third kappa shape index (κ3) is 4.27. The summed E-state index contributed by atoms with van der Waals surface area (Å²) in [6.07, 6.45) is 5.80. The van der Waals surface area contributed by atoms with Gasteiger partial charge in [-0.25, -0.2) is 0 Å². The summed E-state index contributed by atoms with van der Waals surface area (Å²) in [6.45, 7) is 6.55. The molecule has 5 N–H and O–H groups in total. The summed E-state index contributed by atoms with van der Waals surface area (Å²) in [5.41, 5.74) is 8.50. The highest BCUT2D eigenvalue weighted by Crippen LogP contribution is 2.35. The zero-order chi connectivity index (χ0) is 23.9. The number of fused-ring (bicyclic) bond motifs is 2. The predicted molar refractivity (Wildman–Crippen MR) is 138 cm³/mol. The summed E-state index contributed by atoms with van der Waals surface area (Å²) in [5, 5.41) is 28.8. The molecule has 0 spiro atoms. The van der Waals surface area contributed by atoms with E-state index in [9.17, 15) is 10.2 Å². The molecule has 1 aliphatic carbocycles. The molecule has 1 atom stereocenters. The molecule has 0 saturated carbocycles. The van der Waals surface area contributed by atoms with Gasteiger partial charge in [-0.1, -0.05) is 18.2 Å². The SMILES string of the molecule is Cc1cc(Nc2ccnc3c2CCC3O)ccc1NCCc1c[nH]c2c(C(C)(C)O)cccc12. The van der Waals surface area contributed by atoms with Crippen molar-refractivity contribution in [3.63, 3.8) is 0 Å². The summed E-state index contributed by atoms with van der Waals surface area (Å²) in [7, 11) is 0. The normalized spacial score (nSPS) is 15.5. The molecule has 0 bridgehead atoms. The molecule has 0 fully saturated rings. The van der Waals surface area contributed by atoms with Crippen LogP contribution in [0.4, 0.5) is 17.1 Å². The van der Waals surface area contributed by atoms with Crippen molar-refractivity contribution in [3.8, 4) is 0 Å². The van der Waals surface area contributed by atoms with E-state index in [2.05, 4.69) is 51.8 Å². The second-order valence-corrected chi connectivity index (χ2v) is 9.71. The van der Waals surface area contributed by atoms with Crippen LogP contribution in [0.3, 0.4) is 0 Å². The second-order valence-electron chi connectivity index (χ2n) is 9.71. The Kier molecular flexibility index (Phi) is 5.80. The molecule has 2 aromatic heterocycles. The van der Waals surface area contributed by atoms with Crippen LogP contribution in [0.15, 0.2) is 54.9 Å². The quantitative estimate of drug-likeness (QED) is 0.254. The molecule has 2 heterocycles. The van der Waals surface area contributed by atoms with Crippen LogP contribution in [0.2, 0.25) is 0 Å². The van der Waals surface area contributed by atoms with Crippen molar-refractivity contribution in [2.75, 3.05) is 17.2 Å². The average molecular weight is 457 g/mol. The van der Waals surface area contributed by atoms with Crippen LogP contribution < -0.4 is 10.6 Å². The molecule has 6 heteroatoms. The molecule has 0 saturated heterocycles. The Hall–Kier alpha value is -3.35. The number of pyridine rings is 1. The number of anilines is 3. The summed E-state index contributed by atoms with van der Waals surface area (Å²) in [5.74, 6) is 0. The van der Waals surface area contributed by atoms with Crippen molar-refractivity contribution in [2.24, 2.45) is 0 Å². The fraction of sp³-hybridized carbons (Fsp3) is 0.321. The van der Waals surface area contributed by atoms with Gasteiger partial charge in [0.05, 0.1) is 22.9 Å². The predicted octanol–water partition coefficient (Wildman–Crippen LogP) is 5.48. The maximum absolute atomic E-state index is 10.5. The first-order valence-corrected chi connectivity index (χ1v) is 11.9. The second kappa shape index (κ2) is 8.78. The van der Waals surface area contributed by atoms with Gasteiger partial charge in [0.2, 0.25) is 0 Å². The number of nitrogens with zero attached hydrogens (tertiary/aromatic N) is 1. The number of aryl methyl sites for hydroxylation is 1. The number of H-pyrrole nitrogens is 1. The minimum atomic E-state index is -0.886. The molecule has 1 aliphatic rings. The molecule has 0 radical (unpaired) electrons. The summed E-state index contributed by atoms with van der Waals surface area (Å²) >= 11 is 0. The first-order chi connectivity index (χ1) is 16.3. The molecule has 0 aliphatic heterocycles. The lowest BCUT2D eigenvalue weighted by Gasteiger charge is -2.18. The number of aromatic amines is 1. The Morgan fingerprint density at radius 1 is 1.15 bits per heavy atom. The van der Waals surface area contributed by atoms with Crippen LogP contribution in [-0.4, -0.2) is 26.7 Å². The number of para-hydroxylation sites is 1. The summed E-state index contributed by atoms with van der Waals surface area (Å²) in [6, 6.07) is 14.4. The third-order valence-electron chi connectivity index (χ3n) is 6.75. The lowest BCUT2D eigenvalue weighted by molar-refractivity contribution is 0.0800. The Balaban J connectivity index is 1.26. The number of aromatic nitrogens is 2. The maximum atomic E-state index is 10.5. The van der Waals surface area contributed by atoms with Crippen molar-refractivity contribution < 1.29 is 10.2 Å². The van der Waals surface area contributed by atoms with Gasteiger partial charge in [0.1, 0.15) is 0 Å². The van der Waals surface area contributed by atoms with E-state index in [4.69, 9.17) is 0 Å². The minimum Gasteiger partial charge on any atom is -0.387 e. The van der Waals surface area contributed by atoms with Crippen molar-refractivity contribution in [1.29, 1.82) is 0 Å². The standard InChI is InChI=1S/C28H32N4O2/c1-17-15-19(32-24-12-14-30-27-21(24)8-10-25(27)33)7-9-23(17)29-13-11-18-16-31-26-20(18)5-4-6-22(26)28(2,3)34/h4-7,9,12,14-16,25,29,31,33-34H,8,10-11,13H2,1-3H3,(H,30,32). The lowest BCUT2D eigenvalue weighted by Crippen LogP contribution is -2.15. The van der Waals surface area contributed by atoms with E-state index in [-0.39, 0.29) is 0 Å². The maximum Gasteiger partial charge on any atom is 0.0966 e. The molecule has 176 valence electrons. The van der Waals surface area contributed by atoms with Gasteiger partial charge < -0.3 is 25.8 Å². The zero-order valence-electron chi connectivity index (χ0n) is 19.9. The van der Waals surface area contributed by atoms with Gasteiger partial charge in [0.15, 0.2) is 0 Å². The zero-order valence-corrected chi connectivity index (χ0v) is 19.9. The molecule has 1 unspecified atom stereocenters. The van der Waals surface area contributed by atoms with Gasteiger partial charge >= 0.3 is 0 Å². The summed E-state index contributed by atoms with van der Waals surface area (Å²) in [4.78, 5) is 7.71. The highest BCUT2D eigenvalue weighted by atomic mass is 16.3. The number of hydrogen-bond donors (Lipinski definition) is 5. The Labute approximate surface area is 200 Å². The van der Waals surface area contributed by atoms with Crippen molar-refractivity contribution in [2.45, 2.75) is 51.7 Å². The van der Waals surface area contributed by atoms with Gasteiger partial charge in [0, 0.05) is 47.0 Å². The third-order valence-corrected chi connectivity index (χ3v) is 6.75. The molecule has 34 heavy (non-hydrogen) atoms. The number of hydrogen-bond acceptors (Lipinski definition) is 5. The molecule has 0 amide bonds. The van der Waals surface area contributed by atoms with E-state index in [1.54, 1.807) is 6.20 Å². The van der Waals surface area contributed by atoms with E-state index >= 15 is 0 Å². The van der Waals surface area contributed by atoms with Crippen LogP contribution in [0.1, 0.15) is 54.3 Å². The fourth-order valence-electron chi connectivity index (χ4n) is 4.95. The van der Waals surface area contributed by atoms with Crippen LogP contribution in [0.5, 0.6) is 0 Å². The Bertz CT molecular complexity index is 1340. The van der Waals surface area contributed by atoms with Gasteiger partial charge in [-0.15, -0.1) is 0 Å². The molecular formula is C28H32N4O2. The van der Waals surface area contributed by atoms with E-state index in [1.165, 1.54) is 11.1 Å². The molecule has 4 aromatic rings. The first kappa shape index (κ1) is 22.4. The van der Waals surface area contributed by atoms with E-state index in [0.29, 0.717) is 0 Å². The van der Waals surface area contributed by atoms with E-state index in [1.807, 2.05) is 38.2 Å². The highest BCUT2D eigenvalue weighted by Gasteiger charge is 2.24. The number of nitrogens with one attached hydrogen (secondary N) is 3. The van der Waals surface area contributed by atoms with E-state index in [0.717, 1.165) is 70.6 Å². The van der Waals surface area contributed by atoms with Crippen molar-refractivity contribution in [1.82, 2.24) is 9.97 Å². The van der Waals surface area contributed by atoms with Gasteiger partial charge in [0.25, 0.3) is 0 Å². The number of rotatable bonds is 7. The topological polar surface area (TPSA) is 93.2 Å². The smallest absolute Gasteiger partial charge is 0.0966 e. The monoisotopic (exact) mass is 456 g/mol. The first-order valence-electron chi connectivity index (χ1n) is 11.9. The highest BCUT2D eigenvalue weighted by molar-refractivity contribution is 5.86. The van der Waals surface area contributed by atoms with Crippen molar-refractivity contribution >= 4 is 28.0 Å². The van der Waals surface area contributed by atoms with Gasteiger partial charge in [-0.05, 0) is 81.0 Å². The van der Waals surface area contributed by atoms with Crippen LogP contribution >= 0.6 is 0 Å². The minimum absolute atomic E-state index is 0.455. The van der Waals surface area contributed by atoms with Crippen LogP contribution in [0, 0.1) is 6.92 Å². The Morgan fingerprint density at radius 3 is 2.79 bits per heavy atom.